The van der Waals surface area contributed by atoms with Crippen molar-refractivity contribution in [3.8, 4) is 17.2 Å². The lowest BCUT2D eigenvalue weighted by molar-refractivity contribution is -0.137. The number of rotatable bonds is 7. The molecule has 0 aromatic heterocycles. The molecule has 0 fully saturated rings. The van der Waals surface area contributed by atoms with E-state index in [4.69, 9.17) is 20.9 Å². The Bertz CT molecular complexity index is 1100. The van der Waals surface area contributed by atoms with E-state index in [0.29, 0.717) is 12.2 Å². The van der Waals surface area contributed by atoms with Crippen molar-refractivity contribution in [2.75, 3.05) is 6.61 Å². The number of halogens is 3. The lowest BCUT2D eigenvalue weighted by atomic mass is 9.85. The molecule has 0 aliphatic carbocycles. The smallest absolute Gasteiger partial charge is 0.418 e. The number of phenols is 1. The molecule has 0 saturated carbocycles. The van der Waals surface area contributed by atoms with E-state index < -0.39 is 17.7 Å². The number of unbranched alkanes of at least 4 members (excludes halogenated alkanes) is 1. The maximum absolute atomic E-state index is 13.3. The van der Waals surface area contributed by atoms with Gasteiger partial charge in [0.05, 0.1) is 17.9 Å². The van der Waals surface area contributed by atoms with Crippen molar-refractivity contribution in [3.05, 3.63) is 46.0 Å². The summed E-state index contributed by atoms with van der Waals surface area (Å²) in [6.07, 6.45) is -0.724. The molecule has 1 aliphatic rings. The molecular formula is C25H32F3N3O3. The van der Waals surface area contributed by atoms with E-state index in [-0.39, 0.29) is 23.6 Å². The van der Waals surface area contributed by atoms with Gasteiger partial charge in [0.15, 0.2) is 5.96 Å². The maximum atomic E-state index is 13.3. The highest BCUT2D eigenvalue weighted by Gasteiger charge is 2.35. The number of aliphatic imine (C=N–C) groups is 1. The van der Waals surface area contributed by atoms with Crippen LogP contribution in [0.4, 0.5) is 18.9 Å². The van der Waals surface area contributed by atoms with Crippen molar-refractivity contribution < 1.29 is 27.8 Å². The predicted octanol–water partition coefficient (Wildman–Crippen LogP) is 5.57. The zero-order valence-electron chi connectivity index (χ0n) is 20.0. The summed E-state index contributed by atoms with van der Waals surface area (Å²) in [4.78, 5) is 3.54. The molecule has 3 rings (SSSR count). The fourth-order valence-electron chi connectivity index (χ4n) is 4.33. The molecule has 6 nitrogen and oxygen atoms in total. The zero-order chi connectivity index (χ0) is 25.3. The highest BCUT2D eigenvalue weighted by molar-refractivity contribution is 5.79. The molecule has 2 aromatic rings. The summed E-state index contributed by atoms with van der Waals surface area (Å²) in [6, 6.07) is 3.52. The monoisotopic (exact) mass is 479 g/mol. The lowest BCUT2D eigenvalue weighted by Crippen LogP contribution is -2.37. The van der Waals surface area contributed by atoms with Crippen LogP contribution in [-0.4, -0.2) is 23.3 Å². The molecule has 0 amide bonds. The van der Waals surface area contributed by atoms with Crippen molar-refractivity contribution in [2.45, 2.75) is 71.6 Å². The number of benzene rings is 2. The summed E-state index contributed by atoms with van der Waals surface area (Å²) in [5.41, 5.74) is 12.5. The quantitative estimate of drug-likeness (QED) is 0.274. The van der Waals surface area contributed by atoms with Gasteiger partial charge in [-0.25, -0.2) is 4.99 Å². The van der Waals surface area contributed by atoms with Crippen LogP contribution in [0.25, 0.3) is 0 Å². The average molecular weight is 480 g/mol. The maximum Gasteiger partial charge on any atom is 0.418 e. The van der Waals surface area contributed by atoms with Gasteiger partial charge < -0.3 is 26.0 Å². The van der Waals surface area contributed by atoms with Crippen LogP contribution < -0.4 is 20.9 Å². The largest absolute Gasteiger partial charge is 0.507 e. The van der Waals surface area contributed by atoms with E-state index in [9.17, 15) is 18.3 Å². The Morgan fingerprint density at radius 1 is 1.15 bits per heavy atom. The highest BCUT2D eigenvalue weighted by Crippen LogP contribution is 2.44. The van der Waals surface area contributed by atoms with Crippen molar-refractivity contribution >= 4 is 11.6 Å². The Hall–Kier alpha value is -3.10. The molecule has 5 N–H and O–H groups in total. The van der Waals surface area contributed by atoms with E-state index in [2.05, 4.69) is 11.9 Å². The molecule has 1 aliphatic heterocycles. The Balaban J connectivity index is 1.58. The topological polar surface area (TPSA) is 103 Å². The van der Waals surface area contributed by atoms with E-state index in [0.717, 1.165) is 59.8 Å². The Morgan fingerprint density at radius 3 is 2.50 bits per heavy atom. The molecule has 0 saturated heterocycles. The first-order valence-corrected chi connectivity index (χ1v) is 11.3. The van der Waals surface area contributed by atoms with Gasteiger partial charge in [0.1, 0.15) is 22.8 Å². The summed E-state index contributed by atoms with van der Waals surface area (Å²) in [6.45, 7) is 8.11. The molecule has 0 radical (unpaired) electrons. The molecule has 2 aromatic carbocycles. The third-order valence-electron chi connectivity index (χ3n) is 6.48. The van der Waals surface area contributed by atoms with Crippen molar-refractivity contribution in [1.29, 1.82) is 0 Å². The van der Waals surface area contributed by atoms with Crippen LogP contribution in [0.15, 0.2) is 23.2 Å². The molecule has 1 atom stereocenters. The molecule has 186 valence electrons. The van der Waals surface area contributed by atoms with Crippen LogP contribution in [0.5, 0.6) is 17.2 Å². The third-order valence-corrected chi connectivity index (χ3v) is 6.48. The van der Waals surface area contributed by atoms with Gasteiger partial charge in [-0.3, -0.25) is 0 Å². The molecule has 9 heteroatoms. The van der Waals surface area contributed by atoms with E-state index in [1.807, 2.05) is 20.8 Å². The fraction of sp³-hybridized carbons (Fsp3) is 0.480. The van der Waals surface area contributed by atoms with E-state index in [1.54, 1.807) is 0 Å². The van der Waals surface area contributed by atoms with Crippen LogP contribution in [0.3, 0.4) is 0 Å². The van der Waals surface area contributed by atoms with Gasteiger partial charge in [-0.1, -0.05) is 0 Å². The standard InChI is InChI=1S/C25H32F3N3O3/c1-14-15(2)22-18(16(3)21(14)32)9-11-24(4,34-22)10-5-6-12-33-17-7-8-20(31-23(29)30)19(13-17)25(26,27)28/h7-8,13,32H,5-6,9-12H2,1-4H3,(H4,29,30,31). The minimum atomic E-state index is -4.61. The van der Waals surface area contributed by atoms with Crippen molar-refractivity contribution in [1.82, 2.24) is 0 Å². The van der Waals surface area contributed by atoms with Crippen molar-refractivity contribution in [2.24, 2.45) is 16.5 Å². The molecule has 0 bridgehead atoms. The minimum Gasteiger partial charge on any atom is -0.507 e. The highest BCUT2D eigenvalue weighted by atomic mass is 19.4. The van der Waals surface area contributed by atoms with Crippen LogP contribution in [-0.2, 0) is 12.6 Å². The second-order valence-corrected chi connectivity index (χ2v) is 9.10. The normalized spacial score (nSPS) is 17.6. The first kappa shape index (κ1) is 25.5. The first-order valence-electron chi connectivity index (χ1n) is 11.3. The van der Waals surface area contributed by atoms with E-state index in [1.165, 1.54) is 12.1 Å². The van der Waals surface area contributed by atoms with Gasteiger partial charge in [-0.05, 0) is 94.7 Å². The van der Waals surface area contributed by atoms with Gasteiger partial charge in [0.2, 0.25) is 0 Å². The van der Waals surface area contributed by atoms with Crippen molar-refractivity contribution in [3.63, 3.8) is 0 Å². The van der Waals surface area contributed by atoms with Crippen LogP contribution >= 0.6 is 0 Å². The van der Waals surface area contributed by atoms with E-state index >= 15 is 0 Å². The average Bonchev–Trinajstić information content (AvgIpc) is 2.75. The third kappa shape index (κ3) is 5.51. The molecule has 1 heterocycles. The first-order chi connectivity index (χ1) is 15.8. The Morgan fingerprint density at radius 2 is 1.85 bits per heavy atom. The number of nitrogens with zero attached hydrogens (tertiary/aromatic N) is 1. The lowest BCUT2D eigenvalue weighted by Gasteiger charge is -2.38. The number of phenolic OH excluding ortho intramolecular Hbond substituents is 1. The predicted molar refractivity (Wildman–Crippen MR) is 126 cm³/mol. The number of alkyl halides is 3. The number of aromatic hydroxyl groups is 1. The number of fused-ring (bicyclic) bond motifs is 1. The Kier molecular flexibility index (Phi) is 7.24. The molecule has 0 spiro atoms. The summed E-state index contributed by atoms with van der Waals surface area (Å²) in [5.74, 6) is 0.855. The van der Waals surface area contributed by atoms with Crippen LogP contribution in [0.2, 0.25) is 0 Å². The van der Waals surface area contributed by atoms with Gasteiger partial charge in [0.25, 0.3) is 0 Å². The van der Waals surface area contributed by atoms with Gasteiger partial charge in [0, 0.05) is 5.56 Å². The Labute approximate surface area is 197 Å². The number of guanidine groups is 1. The number of hydrogen-bond donors (Lipinski definition) is 3. The second-order valence-electron chi connectivity index (χ2n) is 9.10. The number of ether oxygens (including phenoxy) is 2. The molecule has 1 unspecified atom stereocenters. The SMILES string of the molecule is Cc1c(C)c2c(c(C)c1O)CCC(C)(CCCCOc1ccc(N=C(N)N)c(C(F)(F)F)c1)O2. The van der Waals surface area contributed by atoms with Gasteiger partial charge >= 0.3 is 6.18 Å². The summed E-state index contributed by atoms with van der Waals surface area (Å²) in [7, 11) is 0. The summed E-state index contributed by atoms with van der Waals surface area (Å²) >= 11 is 0. The minimum absolute atomic E-state index is 0.109. The van der Waals surface area contributed by atoms with Gasteiger partial charge in [-0.15, -0.1) is 0 Å². The number of hydrogen-bond acceptors (Lipinski definition) is 4. The number of nitrogens with two attached hydrogens (primary N) is 2. The van der Waals surface area contributed by atoms with Crippen LogP contribution in [0, 0.1) is 20.8 Å². The van der Waals surface area contributed by atoms with Crippen LogP contribution in [0.1, 0.15) is 60.4 Å². The molecule has 34 heavy (non-hydrogen) atoms. The molecular weight excluding hydrogens is 447 g/mol. The zero-order valence-corrected chi connectivity index (χ0v) is 20.0. The second kappa shape index (κ2) is 9.64. The fourth-order valence-corrected chi connectivity index (χ4v) is 4.33. The van der Waals surface area contributed by atoms with Gasteiger partial charge in [-0.2, -0.15) is 13.2 Å². The summed E-state index contributed by atoms with van der Waals surface area (Å²) in [5, 5.41) is 10.3. The summed E-state index contributed by atoms with van der Waals surface area (Å²) < 4.78 is 52.0.